The minimum absolute atomic E-state index is 0.0337. The highest BCUT2D eigenvalue weighted by Gasteiger charge is 2.23. The van der Waals surface area contributed by atoms with E-state index in [0.717, 1.165) is 25.7 Å². The van der Waals surface area contributed by atoms with E-state index in [1.54, 1.807) is 12.1 Å². The smallest absolute Gasteiger partial charge is 0.154 e. The quantitative estimate of drug-likeness (QED) is 0.856. The van der Waals surface area contributed by atoms with Gasteiger partial charge in [-0.3, -0.25) is 0 Å². The summed E-state index contributed by atoms with van der Waals surface area (Å²) in [6.45, 7) is 0. The highest BCUT2D eigenvalue weighted by atomic mass is 35.5. The topological polar surface area (TPSA) is 57.9 Å². The van der Waals surface area contributed by atoms with Crippen LogP contribution < -0.4 is 0 Å². The fraction of sp³-hybridized carbons (Fsp3) is 0.500. The first kappa shape index (κ1) is 14.4. The molecule has 0 spiro atoms. The molecule has 0 atom stereocenters. The van der Waals surface area contributed by atoms with Crippen molar-refractivity contribution >= 4 is 21.4 Å². The number of halogens is 1. The second kappa shape index (κ2) is 5.94. The molecular formula is C14H16ClNO2S. The van der Waals surface area contributed by atoms with E-state index >= 15 is 0 Å². The Morgan fingerprint density at radius 3 is 2.58 bits per heavy atom. The van der Waals surface area contributed by atoms with Crippen molar-refractivity contribution in [3.05, 3.63) is 34.3 Å². The predicted octanol–water partition coefficient (Wildman–Crippen LogP) is 3.32. The van der Waals surface area contributed by atoms with Gasteiger partial charge >= 0.3 is 0 Å². The van der Waals surface area contributed by atoms with Crippen LogP contribution in [-0.4, -0.2) is 14.2 Å². The van der Waals surface area contributed by atoms with E-state index in [0.29, 0.717) is 22.1 Å². The Morgan fingerprint density at radius 1 is 1.32 bits per heavy atom. The second-order valence-corrected chi connectivity index (χ2v) is 7.64. The zero-order valence-corrected chi connectivity index (χ0v) is 12.2. The van der Waals surface area contributed by atoms with Gasteiger partial charge in [0.25, 0.3) is 0 Å². The monoisotopic (exact) mass is 297 g/mol. The summed E-state index contributed by atoms with van der Waals surface area (Å²) in [5, 5.41) is 9.10. The largest absolute Gasteiger partial charge is 0.228 e. The number of nitriles is 1. The SMILES string of the molecule is N#Cc1ccc(CS(=O)(=O)CC2CCCC2)c(Cl)c1. The zero-order valence-electron chi connectivity index (χ0n) is 10.6. The average Bonchev–Trinajstić information content (AvgIpc) is 2.83. The summed E-state index contributed by atoms with van der Waals surface area (Å²) in [7, 11) is -3.13. The van der Waals surface area contributed by atoms with Crippen molar-refractivity contribution in [3.63, 3.8) is 0 Å². The van der Waals surface area contributed by atoms with Crippen LogP contribution in [0.2, 0.25) is 5.02 Å². The van der Waals surface area contributed by atoms with E-state index in [-0.39, 0.29) is 11.5 Å². The maximum absolute atomic E-state index is 12.1. The van der Waals surface area contributed by atoms with Gasteiger partial charge in [0.15, 0.2) is 9.84 Å². The molecule has 5 heteroatoms. The molecule has 0 unspecified atom stereocenters. The molecule has 1 aromatic rings. The number of nitrogens with zero attached hydrogens (tertiary/aromatic N) is 1. The molecule has 0 radical (unpaired) electrons. The van der Waals surface area contributed by atoms with Crippen LogP contribution in [0.3, 0.4) is 0 Å². The van der Waals surface area contributed by atoms with Gasteiger partial charge in [-0.25, -0.2) is 8.42 Å². The molecule has 1 aromatic carbocycles. The van der Waals surface area contributed by atoms with Crippen LogP contribution in [0.5, 0.6) is 0 Å². The summed E-state index contributed by atoms with van der Waals surface area (Å²) in [5.41, 5.74) is 1.03. The number of benzene rings is 1. The fourth-order valence-corrected chi connectivity index (χ4v) is 4.79. The number of hydrogen-bond acceptors (Lipinski definition) is 3. The van der Waals surface area contributed by atoms with E-state index in [2.05, 4.69) is 0 Å². The van der Waals surface area contributed by atoms with Gasteiger partial charge in [-0.15, -0.1) is 0 Å². The van der Waals surface area contributed by atoms with Gasteiger partial charge in [0, 0.05) is 5.02 Å². The van der Waals surface area contributed by atoms with E-state index in [9.17, 15) is 8.42 Å². The third-order valence-electron chi connectivity index (χ3n) is 3.52. The number of sulfone groups is 1. The lowest BCUT2D eigenvalue weighted by atomic mass is 10.1. The molecule has 102 valence electrons. The second-order valence-electron chi connectivity index (χ2n) is 5.12. The first-order valence-corrected chi connectivity index (χ1v) is 8.59. The molecule has 0 heterocycles. The van der Waals surface area contributed by atoms with Crippen molar-refractivity contribution in [3.8, 4) is 6.07 Å². The van der Waals surface area contributed by atoms with Crippen molar-refractivity contribution < 1.29 is 8.42 Å². The van der Waals surface area contributed by atoms with E-state index in [1.165, 1.54) is 6.07 Å². The molecular weight excluding hydrogens is 282 g/mol. The van der Waals surface area contributed by atoms with Gasteiger partial charge < -0.3 is 0 Å². The molecule has 0 bridgehead atoms. The van der Waals surface area contributed by atoms with Crippen LogP contribution in [0.25, 0.3) is 0 Å². The van der Waals surface area contributed by atoms with Gasteiger partial charge in [-0.1, -0.05) is 30.5 Å². The summed E-state index contributed by atoms with van der Waals surface area (Å²) < 4.78 is 24.3. The van der Waals surface area contributed by atoms with Crippen LogP contribution in [0, 0.1) is 17.2 Å². The van der Waals surface area contributed by atoms with E-state index in [1.807, 2.05) is 6.07 Å². The lowest BCUT2D eigenvalue weighted by Gasteiger charge is -2.11. The van der Waals surface area contributed by atoms with Gasteiger partial charge in [0.2, 0.25) is 0 Å². The Bertz CT molecular complexity index is 598. The molecule has 2 rings (SSSR count). The number of rotatable bonds is 4. The first-order valence-electron chi connectivity index (χ1n) is 6.39. The zero-order chi connectivity index (χ0) is 13.9. The molecule has 0 saturated heterocycles. The molecule has 1 aliphatic carbocycles. The summed E-state index contributed by atoms with van der Waals surface area (Å²) in [6.07, 6.45) is 4.30. The van der Waals surface area contributed by atoms with Crippen LogP contribution in [-0.2, 0) is 15.6 Å². The van der Waals surface area contributed by atoms with Gasteiger partial charge in [-0.05, 0) is 36.5 Å². The van der Waals surface area contributed by atoms with Crippen LogP contribution in [0.1, 0.15) is 36.8 Å². The lowest BCUT2D eigenvalue weighted by molar-refractivity contribution is 0.558. The summed E-state index contributed by atoms with van der Waals surface area (Å²) in [6, 6.07) is 6.73. The first-order chi connectivity index (χ1) is 9.00. The van der Waals surface area contributed by atoms with Crippen molar-refractivity contribution in [2.24, 2.45) is 5.92 Å². The summed E-state index contributed by atoms with van der Waals surface area (Å²) in [4.78, 5) is 0. The Morgan fingerprint density at radius 2 is 2.00 bits per heavy atom. The minimum atomic E-state index is -3.13. The molecule has 1 fully saturated rings. The highest BCUT2D eigenvalue weighted by molar-refractivity contribution is 7.90. The van der Waals surface area contributed by atoms with Crippen LogP contribution in [0.4, 0.5) is 0 Å². The molecule has 0 aliphatic heterocycles. The normalized spacial score (nSPS) is 16.4. The van der Waals surface area contributed by atoms with Crippen LogP contribution >= 0.6 is 11.6 Å². The Kier molecular flexibility index (Phi) is 4.49. The molecule has 1 aliphatic rings. The van der Waals surface area contributed by atoms with Crippen molar-refractivity contribution in [2.45, 2.75) is 31.4 Å². The fourth-order valence-electron chi connectivity index (χ4n) is 2.57. The lowest BCUT2D eigenvalue weighted by Crippen LogP contribution is -2.16. The Balaban J connectivity index is 2.09. The average molecular weight is 298 g/mol. The minimum Gasteiger partial charge on any atom is -0.228 e. The maximum Gasteiger partial charge on any atom is 0.154 e. The third-order valence-corrected chi connectivity index (χ3v) is 5.60. The molecule has 1 saturated carbocycles. The Hall–Kier alpha value is -1.05. The summed E-state index contributed by atoms with van der Waals surface area (Å²) >= 11 is 6.02. The van der Waals surface area contributed by atoms with Gasteiger partial charge in [0.1, 0.15) is 0 Å². The molecule has 0 aromatic heterocycles. The molecule has 0 amide bonds. The van der Waals surface area contributed by atoms with Crippen LogP contribution in [0.15, 0.2) is 18.2 Å². The van der Waals surface area contributed by atoms with Gasteiger partial charge in [0.05, 0.1) is 23.1 Å². The van der Waals surface area contributed by atoms with Crippen molar-refractivity contribution in [2.75, 3.05) is 5.75 Å². The standard InChI is InChI=1S/C14H16ClNO2S/c15-14-7-12(8-16)5-6-13(14)10-19(17,18)9-11-3-1-2-4-11/h5-7,11H,1-4,9-10H2. The summed E-state index contributed by atoms with van der Waals surface area (Å²) in [5.74, 6) is 0.527. The predicted molar refractivity (Wildman–Crippen MR) is 75.6 cm³/mol. The Labute approximate surface area is 119 Å². The van der Waals surface area contributed by atoms with E-state index in [4.69, 9.17) is 16.9 Å². The highest BCUT2D eigenvalue weighted by Crippen LogP contribution is 2.28. The van der Waals surface area contributed by atoms with Gasteiger partial charge in [-0.2, -0.15) is 5.26 Å². The maximum atomic E-state index is 12.1. The molecule has 19 heavy (non-hydrogen) atoms. The number of hydrogen-bond donors (Lipinski definition) is 0. The third kappa shape index (κ3) is 3.95. The molecule has 0 N–H and O–H groups in total. The van der Waals surface area contributed by atoms with Crippen molar-refractivity contribution in [1.29, 1.82) is 5.26 Å². The van der Waals surface area contributed by atoms with Crippen molar-refractivity contribution in [1.82, 2.24) is 0 Å². The molecule has 3 nitrogen and oxygen atoms in total. The van der Waals surface area contributed by atoms with E-state index < -0.39 is 9.84 Å².